The number of nitrogens with zero attached hydrogens (tertiary/aromatic N) is 1. The molecule has 0 spiro atoms. The lowest BCUT2D eigenvalue weighted by molar-refractivity contribution is -0.119. The summed E-state index contributed by atoms with van der Waals surface area (Å²) in [7, 11) is 0. The topological polar surface area (TPSA) is 67.0 Å². The number of H-pyrrole nitrogens is 1. The predicted molar refractivity (Wildman–Crippen MR) is 89.1 cm³/mol. The molecule has 5 nitrogen and oxygen atoms in total. The second kappa shape index (κ2) is 5.85. The van der Waals surface area contributed by atoms with Crippen LogP contribution in [0.15, 0.2) is 48.5 Å². The molecule has 23 heavy (non-hydrogen) atoms. The van der Waals surface area contributed by atoms with Crippen molar-refractivity contribution in [2.24, 2.45) is 5.92 Å². The van der Waals surface area contributed by atoms with Gasteiger partial charge in [-0.3, -0.25) is 4.79 Å². The number of imidazole rings is 1. The third-order valence-corrected chi connectivity index (χ3v) is 4.10. The van der Waals surface area contributed by atoms with Crippen LogP contribution in [0.3, 0.4) is 0 Å². The Kier molecular flexibility index (Phi) is 3.55. The van der Waals surface area contributed by atoms with Crippen LogP contribution in [0.4, 0.5) is 5.69 Å². The lowest BCUT2D eigenvalue weighted by Crippen LogP contribution is -2.22. The standard InChI is InChI=1S/C18H17N3O2/c22-18(13-8-9-23-11-13)19-14-6-7-15-16(10-14)21-17(20-15)12-4-2-1-3-5-12/h1-7,10,13H,8-9,11H2,(H,19,22)(H,20,21)/t13-/m0/s1. The zero-order valence-corrected chi connectivity index (χ0v) is 12.6. The van der Waals surface area contributed by atoms with Gasteiger partial charge in [0.05, 0.1) is 23.6 Å². The first-order chi connectivity index (χ1) is 11.3. The molecule has 2 N–H and O–H groups in total. The first-order valence-electron chi connectivity index (χ1n) is 7.73. The van der Waals surface area contributed by atoms with Crippen LogP contribution in [0, 0.1) is 5.92 Å². The van der Waals surface area contributed by atoms with Crippen LogP contribution in [-0.4, -0.2) is 29.1 Å². The van der Waals surface area contributed by atoms with E-state index in [0.29, 0.717) is 13.2 Å². The van der Waals surface area contributed by atoms with Gasteiger partial charge < -0.3 is 15.0 Å². The molecular formula is C18H17N3O2. The largest absolute Gasteiger partial charge is 0.381 e. The van der Waals surface area contributed by atoms with E-state index in [1.54, 1.807) is 0 Å². The third kappa shape index (κ3) is 2.83. The van der Waals surface area contributed by atoms with Crippen molar-refractivity contribution in [1.29, 1.82) is 0 Å². The molecule has 0 radical (unpaired) electrons. The molecular weight excluding hydrogens is 290 g/mol. The lowest BCUT2D eigenvalue weighted by Gasteiger charge is -2.09. The Balaban J connectivity index is 1.59. The number of benzene rings is 2. The highest BCUT2D eigenvalue weighted by molar-refractivity contribution is 5.95. The quantitative estimate of drug-likeness (QED) is 0.781. The normalized spacial score (nSPS) is 17.5. The third-order valence-electron chi connectivity index (χ3n) is 4.10. The maximum Gasteiger partial charge on any atom is 0.229 e. The van der Waals surface area contributed by atoms with Crippen molar-refractivity contribution in [1.82, 2.24) is 9.97 Å². The van der Waals surface area contributed by atoms with Crippen LogP contribution in [-0.2, 0) is 9.53 Å². The number of rotatable bonds is 3. The number of aromatic amines is 1. The zero-order chi connectivity index (χ0) is 15.6. The van der Waals surface area contributed by atoms with Crippen molar-refractivity contribution in [3.63, 3.8) is 0 Å². The number of nitrogens with one attached hydrogen (secondary N) is 2. The highest BCUT2D eigenvalue weighted by atomic mass is 16.5. The molecule has 3 aromatic rings. The van der Waals surface area contributed by atoms with Crippen molar-refractivity contribution in [3.8, 4) is 11.4 Å². The maximum absolute atomic E-state index is 12.2. The number of fused-ring (bicyclic) bond motifs is 1. The molecule has 1 aliphatic heterocycles. The molecule has 4 rings (SSSR count). The first kappa shape index (κ1) is 14.0. The van der Waals surface area contributed by atoms with Gasteiger partial charge in [0, 0.05) is 17.9 Å². The van der Waals surface area contributed by atoms with Gasteiger partial charge in [0.15, 0.2) is 0 Å². The van der Waals surface area contributed by atoms with Gasteiger partial charge >= 0.3 is 0 Å². The Morgan fingerprint density at radius 1 is 1.22 bits per heavy atom. The monoisotopic (exact) mass is 307 g/mol. The van der Waals surface area contributed by atoms with Gasteiger partial charge in [-0.15, -0.1) is 0 Å². The van der Waals surface area contributed by atoms with Gasteiger partial charge in [0.25, 0.3) is 0 Å². The van der Waals surface area contributed by atoms with Crippen LogP contribution < -0.4 is 5.32 Å². The highest BCUT2D eigenvalue weighted by Crippen LogP contribution is 2.23. The van der Waals surface area contributed by atoms with Crippen molar-refractivity contribution in [2.75, 3.05) is 18.5 Å². The molecule has 116 valence electrons. The molecule has 0 unspecified atom stereocenters. The smallest absolute Gasteiger partial charge is 0.229 e. The predicted octanol–water partition coefficient (Wildman–Crippen LogP) is 3.20. The van der Waals surface area contributed by atoms with Gasteiger partial charge in [-0.1, -0.05) is 30.3 Å². The minimum Gasteiger partial charge on any atom is -0.381 e. The molecule has 1 saturated heterocycles. The van der Waals surface area contributed by atoms with Crippen molar-refractivity contribution >= 4 is 22.6 Å². The van der Waals surface area contributed by atoms with Crippen LogP contribution >= 0.6 is 0 Å². The summed E-state index contributed by atoms with van der Waals surface area (Å²) in [6.07, 6.45) is 0.788. The Morgan fingerprint density at radius 3 is 2.87 bits per heavy atom. The maximum atomic E-state index is 12.2. The summed E-state index contributed by atoms with van der Waals surface area (Å²) >= 11 is 0. The summed E-state index contributed by atoms with van der Waals surface area (Å²) < 4.78 is 5.26. The molecule has 5 heteroatoms. The Hall–Kier alpha value is -2.66. The Morgan fingerprint density at radius 2 is 2.09 bits per heavy atom. The molecule has 2 heterocycles. The number of carbonyl (C=O) groups is 1. The molecule has 0 saturated carbocycles. The average Bonchev–Trinajstić information content (AvgIpc) is 3.25. The van der Waals surface area contributed by atoms with Gasteiger partial charge in [-0.2, -0.15) is 0 Å². The van der Waals surface area contributed by atoms with Crippen LogP contribution in [0.25, 0.3) is 22.4 Å². The SMILES string of the molecule is O=C(Nc1ccc2nc(-c3ccccc3)[nH]c2c1)[C@H]1CCOC1. The fourth-order valence-electron chi connectivity index (χ4n) is 2.81. The van der Waals surface area contributed by atoms with Crippen molar-refractivity contribution in [2.45, 2.75) is 6.42 Å². The van der Waals surface area contributed by atoms with Gasteiger partial charge in [-0.05, 0) is 24.6 Å². The van der Waals surface area contributed by atoms with E-state index in [9.17, 15) is 4.79 Å². The van der Waals surface area contributed by atoms with E-state index < -0.39 is 0 Å². The highest BCUT2D eigenvalue weighted by Gasteiger charge is 2.23. The number of anilines is 1. The molecule has 1 atom stereocenters. The number of amides is 1. The fraction of sp³-hybridized carbons (Fsp3) is 0.222. The molecule has 1 amide bonds. The average molecular weight is 307 g/mol. The lowest BCUT2D eigenvalue weighted by atomic mass is 10.1. The summed E-state index contributed by atoms with van der Waals surface area (Å²) in [5.41, 5.74) is 3.60. The van der Waals surface area contributed by atoms with Crippen LogP contribution in [0.1, 0.15) is 6.42 Å². The van der Waals surface area contributed by atoms with E-state index in [2.05, 4.69) is 15.3 Å². The van der Waals surface area contributed by atoms with E-state index in [0.717, 1.165) is 34.5 Å². The second-order valence-electron chi connectivity index (χ2n) is 5.73. The number of carbonyl (C=O) groups excluding carboxylic acids is 1. The first-order valence-corrected chi connectivity index (χ1v) is 7.73. The zero-order valence-electron chi connectivity index (χ0n) is 12.6. The molecule has 2 aromatic carbocycles. The second-order valence-corrected chi connectivity index (χ2v) is 5.73. The van der Waals surface area contributed by atoms with Gasteiger partial charge in [0.2, 0.25) is 5.91 Å². The van der Waals surface area contributed by atoms with Crippen LogP contribution in [0.2, 0.25) is 0 Å². The summed E-state index contributed by atoms with van der Waals surface area (Å²) in [6, 6.07) is 15.7. The van der Waals surface area contributed by atoms with E-state index in [1.165, 1.54) is 0 Å². The Labute approximate surface area is 133 Å². The number of aromatic nitrogens is 2. The molecule has 0 bridgehead atoms. The van der Waals surface area contributed by atoms with E-state index in [1.807, 2.05) is 48.5 Å². The van der Waals surface area contributed by atoms with Gasteiger partial charge in [-0.25, -0.2) is 4.98 Å². The Bertz CT molecular complexity index is 836. The van der Waals surface area contributed by atoms with Gasteiger partial charge in [0.1, 0.15) is 5.82 Å². The summed E-state index contributed by atoms with van der Waals surface area (Å²) in [5, 5.41) is 2.96. The van der Waals surface area contributed by atoms with E-state index >= 15 is 0 Å². The summed E-state index contributed by atoms with van der Waals surface area (Å²) in [4.78, 5) is 20.1. The number of hydrogen-bond donors (Lipinski definition) is 2. The molecule has 0 aliphatic carbocycles. The van der Waals surface area contributed by atoms with E-state index in [4.69, 9.17) is 4.74 Å². The minimum absolute atomic E-state index is 0.0182. The molecule has 1 fully saturated rings. The van der Waals surface area contributed by atoms with Crippen LogP contribution in [0.5, 0.6) is 0 Å². The molecule has 1 aliphatic rings. The minimum atomic E-state index is -0.0488. The van der Waals surface area contributed by atoms with E-state index in [-0.39, 0.29) is 11.8 Å². The number of hydrogen-bond acceptors (Lipinski definition) is 3. The summed E-state index contributed by atoms with van der Waals surface area (Å²) in [5.74, 6) is 0.797. The fourth-order valence-corrected chi connectivity index (χ4v) is 2.81. The van der Waals surface area contributed by atoms with Crippen molar-refractivity contribution < 1.29 is 9.53 Å². The summed E-state index contributed by atoms with van der Waals surface area (Å²) in [6.45, 7) is 1.17. The number of ether oxygens (including phenoxy) is 1. The van der Waals surface area contributed by atoms with Crippen molar-refractivity contribution in [3.05, 3.63) is 48.5 Å². The molecule has 1 aromatic heterocycles.